The summed E-state index contributed by atoms with van der Waals surface area (Å²) >= 11 is 0. The summed E-state index contributed by atoms with van der Waals surface area (Å²) in [6.07, 6.45) is 2.41. The molecule has 1 amide bonds. The normalized spacial score (nSPS) is 9.89. The Balaban J connectivity index is 2.03. The quantitative estimate of drug-likeness (QED) is 0.742. The van der Waals surface area contributed by atoms with Crippen LogP contribution in [-0.4, -0.2) is 19.2 Å². The minimum atomic E-state index is 0.609. The highest BCUT2D eigenvalue weighted by atomic mass is 16.1. The van der Waals surface area contributed by atoms with Gasteiger partial charge in [0.2, 0.25) is 6.41 Å². The van der Waals surface area contributed by atoms with E-state index in [1.165, 1.54) is 5.56 Å². The zero-order valence-electron chi connectivity index (χ0n) is 10.5. The highest BCUT2D eigenvalue weighted by Gasteiger charge is 2.05. The number of rotatable bonds is 6. The Bertz CT molecular complexity index is 534. The Kier molecular flexibility index (Phi) is 4.45. The molecule has 0 bridgehead atoms. The number of anilines is 1. The summed E-state index contributed by atoms with van der Waals surface area (Å²) in [6.45, 7) is 0.619. The molecule has 3 nitrogen and oxygen atoms in total. The molecular weight excluding hydrogens is 238 g/mol. The third kappa shape index (κ3) is 3.52. The number of hydrogen-bond acceptors (Lipinski definition) is 2. The number of carbonyl (C=O) groups is 2. The van der Waals surface area contributed by atoms with Gasteiger partial charge in [-0.1, -0.05) is 30.3 Å². The van der Waals surface area contributed by atoms with Crippen molar-refractivity contribution in [2.45, 2.75) is 6.42 Å². The molecule has 0 radical (unpaired) electrons. The van der Waals surface area contributed by atoms with Gasteiger partial charge in [0.15, 0.2) is 0 Å². The van der Waals surface area contributed by atoms with Gasteiger partial charge in [-0.25, -0.2) is 0 Å². The maximum Gasteiger partial charge on any atom is 0.214 e. The van der Waals surface area contributed by atoms with Crippen molar-refractivity contribution < 1.29 is 9.59 Å². The minimum Gasteiger partial charge on any atom is -0.315 e. The van der Waals surface area contributed by atoms with E-state index in [4.69, 9.17) is 0 Å². The molecule has 0 saturated heterocycles. The van der Waals surface area contributed by atoms with Crippen molar-refractivity contribution in [3.05, 3.63) is 65.7 Å². The second kappa shape index (κ2) is 6.50. The van der Waals surface area contributed by atoms with Crippen LogP contribution in [0.5, 0.6) is 0 Å². The first-order valence-corrected chi connectivity index (χ1v) is 6.14. The van der Waals surface area contributed by atoms with Crippen molar-refractivity contribution in [3.63, 3.8) is 0 Å². The van der Waals surface area contributed by atoms with Gasteiger partial charge in [0.05, 0.1) is 0 Å². The summed E-state index contributed by atoms with van der Waals surface area (Å²) in [5.74, 6) is 0. The largest absolute Gasteiger partial charge is 0.315 e. The van der Waals surface area contributed by atoms with E-state index < -0.39 is 0 Å². The SMILES string of the molecule is O=Cc1ccc(N(C=O)CCc2ccccc2)cc1. The first-order chi connectivity index (χ1) is 9.33. The first kappa shape index (κ1) is 13.0. The summed E-state index contributed by atoms with van der Waals surface area (Å²) in [4.78, 5) is 23.4. The average molecular weight is 253 g/mol. The van der Waals surface area contributed by atoms with Gasteiger partial charge in [0.1, 0.15) is 6.29 Å². The van der Waals surface area contributed by atoms with Crippen LogP contribution in [0, 0.1) is 0 Å². The Morgan fingerprint density at radius 1 is 0.895 bits per heavy atom. The summed E-state index contributed by atoms with van der Waals surface area (Å²) in [5, 5.41) is 0. The molecule has 0 saturated carbocycles. The minimum absolute atomic E-state index is 0.609. The fraction of sp³-hybridized carbons (Fsp3) is 0.125. The molecule has 0 aliphatic rings. The molecule has 2 aromatic carbocycles. The smallest absolute Gasteiger partial charge is 0.214 e. The molecule has 0 atom stereocenters. The Morgan fingerprint density at radius 3 is 2.16 bits per heavy atom. The number of hydrogen-bond donors (Lipinski definition) is 0. The Labute approximate surface area is 112 Å². The molecule has 96 valence electrons. The average Bonchev–Trinajstić information content (AvgIpc) is 2.49. The lowest BCUT2D eigenvalue weighted by molar-refractivity contribution is -0.107. The standard InChI is InChI=1S/C16H15NO2/c18-12-15-6-8-16(9-7-15)17(13-19)11-10-14-4-2-1-3-5-14/h1-9,12-13H,10-11H2. The molecule has 19 heavy (non-hydrogen) atoms. The topological polar surface area (TPSA) is 37.4 Å². The monoisotopic (exact) mass is 253 g/mol. The zero-order chi connectivity index (χ0) is 13.5. The number of nitrogens with zero attached hydrogens (tertiary/aromatic N) is 1. The summed E-state index contributed by atoms with van der Waals surface area (Å²) in [7, 11) is 0. The number of aldehydes is 1. The van der Waals surface area contributed by atoms with Crippen LogP contribution in [0.2, 0.25) is 0 Å². The highest BCUT2D eigenvalue weighted by Crippen LogP contribution is 2.14. The third-order valence-corrected chi connectivity index (χ3v) is 2.97. The molecule has 0 N–H and O–H groups in total. The van der Waals surface area contributed by atoms with Gasteiger partial charge in [-0.2, -0.15) is 0 Å². The molecule has 0 spiro atoms. The van der Waals surface area contributed by atoms with Gasteiger partial charge in [-0.05, 0) is 36.2 Å². The molecule has 2 rings (SSSR count). The summed E-state index contributed by atoms with van der Waals surface area (Å²) in [5.41, 5.74) is 2.60. The molecule has 0 aliphatic carbocycles. The lowest BCUT2D eigenvalue weighted by Gasteiger charge is -2.17. The third-order valence-electron chi connectivity index (χ3n) is 2.97. The molecule has 0 aliphatic heterocycles. The zero-order valence-corrected chi connectivity index (χ0v) is 10.5. The van der Waals surface area contributed by atoms with Gasteiger partial charge >= 0.3 is 0 Å². The van der Waals surface area contributed by atoms with Crippen LogP contribution < -0.4 is 4.90 Å². The van der Waals surface area contributed by atoms with Crippen LogP contribution in [0.1, 0.15) is 15.9 Å². The molecule has 0 aromatic heterocycles. The molecule has 2 aromatic rings. The second-order valence-electron chi connectivity index (χ2n) is 4.24. The molecule has 3 heteroatoms. The van der Waals surface area contributed by atoms with Crippen molar-refractivity contribution in [1.82, 2.24) is 0 Å². The van der Waals surface area contributed by atoms with Crippen LogP contribution in [0.4, 0.5) is 5.69 Å². The van der Waals surface area contributed by atoms with Crippen LogP contribution in [0.15, 0.2) is 54.6 Å². The molecule has 0 heterocycles. The number of carbonyl (C=O) groups excluding carboxylic acids is 2. The van der Waals surface area contributed by atoms with Gasteiger partial charge in [-0.15, -0.1) is 0 Å². The van der Waals surface area contributed by atoms with E-state index in [-0.39, 0.29) is 0 Å². The first-order valence-electron chi connectivity index (χ1n) is 6.14. The fourth-order valence-corrected chi connectivity index (χ4v) is 1.88. The van der Waals surface area contributed by atoms with Gasteiger partial charge in [0.25, 0.3) is 0 Å². The number of amides is 1. The fourth-order valence-electron chi connectivity index (χ4n) is 1.88. The lowest BCUT2D eigenvalue weighted by atomic mass is 10.1. The van der Waals surface area contributed by atoms with Crippen molar-refractivity contribution in [3.8, 4) is 0 Å². The van der Waals surface area contributed by atoms with E-state index in [0.29, 0.717) is 12.1 Å². The van der Waals surface area contributed by atoms with Crippen molar-refractivity contribution >= 4 is 18.4 Å². The summed E-state index contributed by atoms with van der Waals surface area (Å²) < 4.78 is 0. The number of benzene rings is 2. The predicted octanol–water partition coefficient (Wildman–Crippen LogP) is 2.70. The van der Waals surface area contributed by atoms with Crippen LogP contribution in [-0.2, 0) is 11.2 Å². The van der Waals surface area contributed by atoms with Gasteiger partial charge in [-0.3, -0.25) is 9.59 Å². The van der Waals surface area contributed by atoms with Crippen molar-refractivity contribution in [2.75, 3.05) is 11.4 Å². The van der Waals surface area contributed by atoms with E-state index >= 15 is 0 Å². The van der Waals surface area contributed by atoms with Crippen LogP contribution >= 0.6 is 0 Å². The lowest BCUT2D eigenvalue weighted by Crippen LogP contribution is -2.23. The van der Waals surface area contributed by atoms with Crippen LogP contribution in [0.3, 0.4) is 0 Å². The van der Waals surface area contributed by atoms with Gasteiger partial charge in [0, 0.05) is 17.8 Å². The Morgan fingerprint density at radius 2 is 1.58 bits per heavy atom. The summed E-state index contributed by atoms with van der Waals surface area (Å²) in [6, 6.07) is 17.0. The maximum atomic E-state index is 11.1. The molecule has 0 unspecified atom stereocenters. The Hall–Kier alpha value is -2.42. The van der Waals surface area contributed by atoms with E-state index in [9.17, 15) is 9.59 Å². The molecular formula is C16H15NO2. The van der Waals surface area contributed by atoms with Crippen LogP contribution in [0.25, 0.3) is 0 Å². The maximum absolute atomic E-state index is 11.1. The van der Waals surface area contributed by atoms with Crippen molar-refractivity contribution in [1.29, 1.82) is 0 Å². The van der Waals surface area contributed by atoms with Gasteiger partial charge < -0.3 is 4.90 Å². The molecule has 0 fully saturated rings. The van der Waals surface area contributed by atoms with E-state index in [0.717, 1.165) is 24.8 Å². The van der Waals surface area contributed by atoms with E-state index in [2.05, 4.69) is 0 Å². The van der Waals surface area contributed by atoms with E-state index in [1.54, 1.807) is 29.2 Å². The second-order valence-corrected chi connectivity index (χ2v) is 4.24. The predicted molar refractivity (Wildman–Crippen MR) is 75.4 cm³/mol. The van der Waals surface area contributed by atoms with E-state index in [1.807, 2.05) is 30.3 Å². The highest BCUT2D eigenvalue weighted by molar-refractivity contribution is 5.79. The van der Waals surface area contributed by atoms with Crippen molar-refractivity contribution in [2.24, 2.45) is 0 Å².